The summed E-state index contributed by atoms with van der Waals surface area (Å²) >= 11 is 5.98. The summed E-state index contributed by atoms with van der Waals surface area (Å²) in [5.41, 5.74) is 1.00. The summed E-state index contributed by atoms with van der Waals surface area (Å²) < 4.78 is 18.8. The summed E-state index contributed by atoms with van der Waals surface area (Å²) in [5.74, 6) is 0.108. The molecule has 110 valence electrons. The second-order valence-electron chi connectivity index (χ2n) is 5.03. The van der Waals surface area contributed by atoms with Crippen LogP contribution < -0.4 is 4.74 Å². The monoisotopic (exact) mass is 306 g/mol. The Hall–Kier alpha value is -1.87. The Morgan fingerprint density at radius 2 is 2.00 bits per heavy atom. The Labute approximate surface area is 128 Å². The van der Waals surface area contributed by atoms with Gasteiger partial charge in [0.1, 0.15) is 11.6 Å². The van der Waals surface area contributed by atoms with Crippen LogP contribution in [0.15, 0.2) is 42.5 Å². The maximum atomic E-state index is 13.2. The van der Waals surface area contributed by atoms with Gasteiger partial charge in [-0.3, -0.25) is 4.79 Å². The van der Waals surface area contributed by atoms with Crippen molar-refractivity contribution in [3.63, 3.8) is 0 Å². The van der Waals surface area contributed by atoms with Gasteiger partial charge in [0.2, 0.25) is 0 Å². The fraction of sp³-hybridized carbons (Fsp3) is 0.235. The third-order valence-electron chi connectivity index (χ3n) is 2.89. The third-order valence-corrected chi connectivity index (χ3v) is 3.26. The Balaban J connectivity index is 2.18. The number of rotatable bonds is 5. The van der Waals surface area contributed by atoms with E-state index in [-0.39, 0.29) is 18.3 Å². The van der Waals surface area contributed by atoms with Gasteiger partial charge in [0.15, 0.2) is 5.78 Å². The lowest BCUT2D eigenvalue weighted by atomic mass is 10.0. The first-order valence-electron chi connectivity index (χ1n) is 6.69. The van der Waals surface area contributed by atoms with Crippen LogP contribution >= 0.6 is 11.6 Å². The fourth-order valence-corrected chi connectivity index (χ4v) is 2.15. The molecule has 21 heavy (non-hydrogen) atoms. The van der Waals surface area contributed by atoms with Crippen LogP contribution in [0.5, 0.6) is 5.75 Å². The van der Waals surface area contributed by atoms with Gasteiger partial charge in [-0.2, -0.15) is 0 Å². The summed E-state index contributed by atoms with van der Waals surface area (Å²) in [6.07, 6.45) is 0.0925. The van der Waals surface area contributed by atoms with Gasteiger partial charge >= 0.3 is 0 Å². The van der Waals surface area contributed by atoms with E-state index >= 15 is 0 Å². The van der Waals surface area contributed by atoms with Gasteiger partial charge < -0.3 is 4.74 Å². The van der Waals surface area contributed by atoms with Crippen LogP contribution in [0.3, 0.4) is 0 Å². The minimum Gasteiger partial charge on any atom is -0.491 e. The van der Waals surface area contributed by atoms with Crippen molar-refractivity contribution in [3.8, 4) is 5.75 Å². The van der Waals surface area contributed by atoms with Crippen molar-refractivity contribution >= 4 is 17.4 Å². The molecule has 0 aliphatic carbocycles. The van der Waals surface area contributed by atoms with E-state index in [2.05, 4.69) is 0 Å². The van der Waals surface area contributed by atoms with Gasteiger partial charge in [-0.05, 0) is 49.7 Å². The van der Waals surface area contributed by atoms with Crippen molar-refractivity contribution in [1.82, 2.24) is 0 Å². The van der Waals surface area contributed by atoms with E-state index in [4.69, 9.17) is 16.3 Å². The average Bonchev–Trinajstić information content (AvgIpc) is 2.42. The minimum absolute atomic E-state index is 0.0352. The highest BCUT2D eigenvalue weighted by molar-refractivity contribution is 6.31. The molecule has 2 nitrogen and oxygen atoms in total. The lowest BCUT2D eigenvalue weighted by molar-refractivity contribution is 0.0992. The van der Waals surface area contributed by atoms with Gasteiger partial charge in [0, 0.05) is 17.0 Å². The first kappa shape index (κ1) is 15.5. The SMILES string of the molecule is CC(C)Oc1cccc(C(=O)Cc2cc(F)ccc2Cl)c1. The summed E-state index contributed by atoms with van der Waals surface area (Å²) in [5, 5.41) is 0.388. The molecule has 2 aromatic rings. The Morgan fingerprint density at radius 1 is 1.24 bits per heavy atom. The molecule has 0 heterocycles. The van der Waals surface area contributed by atoms with Crippen molar-refractivity contribution in [3.05, 3.63) is 64.4 Å². The molecule has 0 amide bonds. The molecule has 0 saturated heterocycles. The lowest BCUT2D eigenvalue weighted by Gasteiger charge is -2.10. The standard InChI is InChI=1S/C17H16ClFO2/c1-11(2)21-15-5-3-4-12(9-15)17(20)10-13-8-14(19)6-7-16(13)18/h3-9,11H,10H2,1-2H3. The molecule has 0 aliphatic heterocycles. The molecule has 0 bridgehead atoms. The molecule has 0 saturated carbocycles. The Morgan fingerprint density at radius 3 is 2.71 bits per heavy atom. The van der Waals surface area contributed by atoms with E-state index in [1.165, 1.54) is 18.2 Å². The number of carbonyl (C=O) groups excluding carboxylic acids is 1. The van der Waals surface area contributed by atoms with Gasteiger partial charge in [0.25, 0.3) is 0 Å². The Bertz CT molecular complexity index is 653. The van der Waals surface area contributed by atoms with E-state index in [1.807, 2.05) is 13.8 Å². The van der Waals surface area contributed by atoms with Gasteiger partial charge in [-0.15, -0.1) is 0 Å². The predicted molar refractivity (Wildman–Crippen MR) is 81.7 cm³/mol. The van der Waals surface area contributed by atoms with Crippen molar-refractivity contribution in [1.29, 1.82) is 0 Å². The summed E-state index contributed by atoms with van der Waals surface area (Å²) in [6, 6.07) is 11.0. The van der Waals surface area contributed by atoms with Gasteiger partial charge in [-0.1, -0.05) is 23.7 Å². The van der Waals surface area contributed by atoms with E-state index in [1.54, 1.807) is 24.3 Å². The van der Waals surface area contributed by atoms with Crippen molar-refractivity contribution in [2.24, 2.45) is 0 Å². The van der Waals surface area contributed by atoms with E-state index in [9.17, 15) is 9.18 Å². The molecule has 0 aliphatic rings. The molecular weight excluding hydrogens is 291 g/mol. The normalized spacial score (nSPS) is 10.7. The molecule has 0 N–H and O–H groups in total. The van der Waals surface area contributed by atoms with Crippen LogP contribution in [0.4, 0.5) is 4.39 Å². The highest BCUT2D eigenvalue weighted by Crippen LogP contribution is 2.21. The zero-order valence-corrected chi connectivity index (χ0v) is 12.7. The van der Waals surface area contributed by atoms with Crippen LogP contribution in [-0.2, 0) is 6.42 Å². The second-order valence-corrected chi connectivity index (χ2v) is 5.44. The number of hydrogen-bond acceptors (Lipinski definition) is 2. The number of carbonyl (C=O) groups is 1. The average molecular weight is 307 g/mol. The number of ether oxygens (including phenoxy) is 1. The van der Waals surface area contributed by atoms with Crippen molar-refractivity contribution in [2.75, 3.05) is 0 Å². The smallest absolute Gasteiger partial charge is 0.167 e. The van der Waals surface area contributed by atoms with Crippen LogP contribution in [0.25, 0.3) is 0 Å². The first-order chi connectivity index (χ1) is 9.95. The van der Waals surface area contributed by atoms with Gasteiger partial charge in [-0.25, -0.2) is 4.39 Å². The molecule has 0 spiro atoms. The van der Waals surface area contributed by atoms with E-state index in [0.29, 0.717) is 21.9 Å². The van der Waals surface area contributed by atoms with Crippen LogP contribution in [0.1, 0.15) is 29.8 Å². The highest BCUT2D eigenvalue weighted by atomic mass is 35.5. The zero-order valence-electron chi connectivity index (χ0n) is 11.9. The fourth-order valence-electron chi connectivity index (χ4n) is 1.97. The third kappa shape index (κ3) is 4.30. The molecule has 0 fully saturated rings. The quantitative estimate of drug-likeness (QED) is 0.749. The minimum atomic E-state index is -0.404. The van der Waals surface area contributed by atoms with E-state index < -0.39 is 5.82 Å². The molecule has 0 radical (unpaired) electrons. The van der Waals surface area contributed by atoms with Crippen LogP contribution in [0.2, 0.25) is 5.02 Å². The van der Waals surface area contributed by atoms with Crippen LogP contribution in [-0.4, -0.2) is 11.9 Å². The predicted octanol–water partition coefficient (Wildman–Crippen LogP) is 4.69. The number of Topliss-reactive ketones (excluding diaryl/α,β-unsaturated/α-hetero) is 1. The maximum Gasteiger partial charge on any atom is 0.167 e. The molecule has 2 aromatic carbocycles. The molecule has 0 unspecified atom stereocenters. The first-order valence-corrected chi connectivity index (χ1v) is 7.07. The molecular formula is C17H16ClFO2. The largest absolute Gasteiger partial charge is 0.491 e. The summed E-state index contributed by atoms with van der Waals surface area (Å²) in [4.78, 5) is 12.3. The summed E-state index contributed by atoms with van der Waals surface area (Å²) in [6.45, 7) is 3.84. The number of hydrogen-bond donors (Lipinski definition) is 0. The zero-order chi connectivity index (χ0) is 15.4. The molecule has 0 aromatic heterocycles. The lowest BCUT2D eigenvalue weighted by Crippen LogP contribution is -2.08. The van der Waals surface area contributed by atoms with Crippen molar-refractivity contribution in [2.45, 2.75) is 26.4 Å². The highest BCUT2D eigenvalue weighted by Gasteiger charge is 2.12. The Kier molecular flexibility index (Phi) is 4.97. The second kappa shape index (κ2) is 6.72. The van der Waals surface area contributed by atoms with Gasteiger partial charge in [0.05, 0.1) is 6.10 Å². The molecule has 4 heteroatoms. The van der Waals surface area contributed by atoms with E-state index in [0.717, 1.165) is 0 Å². The number of benzene rings is 2. The van der Waals surface area contributed by atoms with Crippen LogP contribution in [0, 0.1) is 5.82 Å². The summed E-state index contributed by atoms with van der Waals surface area (Å²) in [7, 11) is 0. The topological polar surface area (TPSA) is 26.3 Å². The molecule has 0 atom stereocenters. The van der Waals surface area contributed by atoms with Crippen molar-refractivity contribution < 1.29 is 13.9 Å². The number of ketones is 1. The number of halogens is 2. The molecule has 2 rings (SSSR count). The maximum absolute atomic E-state index is 13.2.